The molecule has 2 aromatic carbocycles. The van der Waals surface area contributed by atoms with Gasteiger partial charge in [-0.3, -0.25) is 4.68 Å². The number of halogens is 1. The molecule has 0 bridgehead atoms. The van der Waals surface area contributed by atoms with Crippen molar-refractivity contribution in [2.45, 2.75) is 38.1 Å². The third-order valence-electron chi connectivity index (χ3n) is 6.58. The number of phenolic OH excluding ortho intramolecular Hbond substituents is 1. The van der Waals surface area contributed by atoms with E-state index in [0.29, 0.717) is 13.2 Å². The van der Waals surface area contributed by atoms with Crippen LogP contribution in [0.4, 0.5) is 4.39 Å². The molecule has 1 aliphatic heterocycles. The Balaban J connectivity index is 1.84. The van der Waals surface area contributed by atoms with E-state index in [1.54, 1.807) is 29.1 Å². The van der Waals surface area contributed by atoms with Crippen molar-refractivity contribution < 1.29 is 19.3 Å². The molecule has 2 N–H and O–H groups in total. The second-order valence-electron chi connectivity index (χ2n) is 9.27. The van der Waals surface area contributed by atoms with Gasteiger partial charge in [-0.2, -0.15) is 5.10 Å². The Morgan fingerprint density at radius 2 is 1.85 bits per heavy atom. The fourth-order valence-electron chi connectivity index (χ4n) is 4.71. The molecule has 0 unspecified atom stereocenters. The minimum absolute atomic E-state index is 0.0521. The highest BCUT2D eigenvalue weighted by Crippen LogP contribution is 2.46. The molecule has 0 atom stereocenters. The molecule has 0 spiro atoms. The van der Waals surface area contributed by atoms with Crippen LogP contribution in [0.25, 0.3) is 27.7 Å². The van der Waals surface area contributed by atoms with E-state index in [9.17, 15) is 14.6 Å². The van der Waals surface area contributed by atoms with Crippen LogP contribution >= 0.6 is 0 Å². The quantitative estimate of drug-likeness (QED) is 0.452. The molecule has 7 heteroatoms. The van der Waals surface area contributed by atoms with E-state index in [1.165, 1.54) is 12.1 Å². The summed E-state index contributed by atoms with van der Waals surface area (Å²) in [6.07, 6.45) is 5.41. The molecule has 172 valence electrons. The van der Waals surface area contributed by atoms with Crippen molar-refractivity contribution in [1.29, 1.82) is 0 Å². The number of fused-ring (bicyclic) bond motifs is 1. The molecule has 3 heterocycles. The molecule has 5 rings (SSSR count). The second kappa shape index (κ2) is 8.32. The molecule has 2 aromatic heterocycles. The summed E-state index contributed by atoms with van der Waals surface area (Å²) in [4.78, 5) is 0. The first-order chi connectivity index (χ1) is 15.9. The monoisotopic (exact) mass is 449 g/mol. The Bertz CT molecular complexity index is 1280. The van der Waals surface area contributed by atoms with Crippen molar-refractivity contribution in [3.05, 3.63) is 66.4 Å². The van der Waals surface area contributed by atoms with Gasteiger partial charge in [-0.15, -0.1) is 0 Å². The number of hydrogen-bond acceptors (Lipinski definition) is 4. The molecule has 1 aliphatic rings. The molecule has 0 saturated carbocycles. The van der Waals surface area contributed by atoms with E-state index >= 15 is 0 Å². The lowest BCUT2D eigenvalue weighted by Crippen LogP contribution is -2.30. The lowest BCUT2D eigenvalue weighted by atomic mass is 9.90. The molecule has 0 radical (unpaired) electrons. The molecule has 0 amide bonds. The normalized spacial score (nSPS) is 15.4. The third kappa shape index (κ3) is 3.71. The lowest BCUT2D eigenvalue weighted by Gasteiger charge is -2.25. The molecule has 1 fully saturated rings. The summed E-state index contributed by atoms with van der Waals surface area (Å²) in [5.41, 5.74) is 3.97. The van der Waals surface area contributed by atoms with E-state index in [-0.39, 0.29) is 24.1 Å². The molecule has 0 aliphatic carbocycles. The summed E-state index contributed by atoms with van der Waals surface area (Å²) < 4.78 is 23.3. The Morgan fingerprint density at radius 1 is 1.12 bits per heavy atom. The molecule has 1 saturated heterocycles. The van der Waals surface area contributed by atoms with E-state index in [2.05, 4.69) is 9.67 Å². The van der Waals surface area contributed by atoms with Crippen LogP contribution in [0.15, 0.2) is 54.9 Å². The smallest absolute Gasteiger partial charge is 0.125 e. The van der Waals surface area contributed by atoms with Crippen molar-refractivity contribution in [2.24, 2.45) is 0 Å². The van der Waals surface area contributed by atoms with Crippen LogP contribution in [0.5, 0.6) is 5.75 Å². The highest BCUT2D eigenvalue weighted by Gasteiger charge is 2.30. The highest BCUT2D eigenvalue weighted by atomic mass is 19.1. The van der Waals surface area contributed by atoms with E-state index in [0.717, 1.165) is 46.3 Å². The number of aromatic nitrogens is 3. The van der Waals surface area contributed by atoms with Crippen molar-refractivity contribution in [3.63, 3.8) is 0 Å². The minimum atomic E-state index is -0.561. The maximum atomic E-state index is 13.8. The number of aliphatic hydroxyl groups is 1. The van der Waals surface area contributed by atoms with Crippen molar-refractivity contribution in [2.75, 3.05) is 19.8 Å². The maximum absolute atomic E-state index is 13.8. The van der Waals surface area contributed by atoms with Crippen LogP contribution in [-0.2, 0) is 10.3 Å². The number of phenols is 1. The number of aliphatic hydroxyl groups excluding tert-OH is 1. The van der Waals surface area contributed by atoms with Gasteiger partial charge in [0.2, 0.25) is 0 Å². The standard InChI is InChI=1S/C26H28FN3O3/c1-26(2,16-31)29-15-18(14-28-29)23-24-21(4-3-5-22(24)32)30(20-8-6-19(27)7-9-20)25(23)17-10-12-33-13-11-17/h3-9,14-15,17,31-32H,10-13,16H2,1-2H3. The van der Waals surface area contributed by atoms with Crippen molar-refractivity contribution >= 4 is 10.9 Å². The summed E-state index contributed by atoms with van der Waals surface area (Å²) in [5, 5.41) is 26.1. The largest absolute Gasteiger partial charge is 0.507 e. The van der Waals surface area contributed by atoms with Crippen LogP contribution in [0.3, 0.4) is 0 Å². The van der Waals surface area contributed by atoms with Gasteiger partial charge in [-0.05, 0) is 63.1 Å². The first kappa shape index (κ1) is 21.7. The van der Waals surface area contributed by atoms with Gasteiger partial charge < -0.3 is 19.5 Å². The zero-order valence-electron chi connectivity index (χ0n) is 18.8. The summed E-state index contributed by atoms with van der Waals surface area (Å²) in [5.74, 6) is 0.0871. The Labute approximate surface area is 191 Å². The number of benzene rings is 2. The summed E-state index contributed by atoms with van der Waals surface area (Å²) in [7, 11) is 0. The van der Waals surface area contributed by atoms with Crippen LogP contribution < -0.4 is 0 Å². The number of nitrogens with zero attached hydrogens (tertiary/aromatic N) is 3. The summed E-state index contributed by atoms with van der Waals surface area (Å²) in [6, 6.07) is 11.9. The SMILES string of the molecule is CC(C)(CO)n1cc(-c2c(C3CCOCC3)n(-c3ccc(F)cc3)c3cccc(O)c23)cn1. The fourth-order valence-corrected chi connectivity index (χ4v) is 4.71. The molecule has 33 heavy (non-hydrogen) atoms. The van der Waals surface area contributed by atoms with Gasteiger partial charge in [0.15, 0.2) is 0 Å². The van der Waals surface area contributed by atoms with Crippen LogP contribution in [-0.4, -0.2) is 44.4 Å². The summed E-state index contributed by atoms with van der Waals surface area (Å²) >= 11 is 0. The molecule has 6 nitrogen and oxygen atoms in total. The van der Waals surface area contributed by atoms with E-state index in [4.69, 9.17) is 4.74 Å². The van der Waals surface area contributed by atoms with Crippen molar-refractivity contribution in [3.8, 4) is 22.6 Å². The second-order valence-corrected chi connectivity index (χ2v) is 9.27. The van der Waals surface area contributed by atoms with Gasteiger partial charge in [0.25, 0.3) is 0 Å². The van der Waals surface area contributed by atoms with Gasteiger partial charge in [0, 0.05) is 47.8 Å². The van der Waals surface area contributed by atoms with Crippen LogP contribution in [0.1, 0.15) is 38.3 Å². The average Bonchev–Trinajstić information content (AvgIpc) is 3.44. The van der Waals surface area contributed by atoms with Gasteiger partial charge in [0.05, 0.1) is 29.2 Å². The number of hydrogen-bond donors (Lipinski definition) is 2. The zero-order valence-corrected chi connectivity index (χ0v) is 18.8. The van der Waals surface area contributed by atoms with E-state index < -0.39 is 5.54 Å². The van der Waals surface area contributed by atoms with Crippen LogP contribution in [0, 0.1) is 5.82 Å². The average molecular weight is 450 g/mol. The number of rotatable bonds is 5. The highest BCUT2D eigenvalue weighted by molar-refractivity contribution is 6.03. The predicted octanol–water partition coefficient (Wildman–Crippen LogP) is 4.96. The Morgan fingerprint density at radius 3 is 2.55 bits per heavy atom. The Hall–Kier alpha value is -3.16. The van der Waals surface area contributed by atoms with Gasteiger partial charge in [-0.25, -0.2) is 4.39 Å². The van der Waals surface area contributed by atoms with Gasteiger partial charge in [0.1, 0.15) is 11.6 Å². The van der Waals surface area contributed by atoms with Crippen LogP contribution in [0.2, 0.25) is 0 Å². The summed E-state index contributed by atoms with van der Waals surface area (Å²) in [6.45, 7) is 5.12. The number of aromatic hydroxyl groups is 1. The number of ether oxygens (including phenoxy) is 1. The molecule has 4 aromatic rings. The first-order valence-electron chi connectivity index (χ1n) is 11.3. The zero-order chi connectivity index (χ0) is 23.2. The van der Waals surface area contributed by atoms with E-state index in [1.807, 2.05) is 32.2 Å². The third-order valence-corrected chi connectivity index (χ3v) is 6.58. The topological polar surface area (TPSA) is 72.4 Å². The molecular weight excluding hydrogens is 421 g/mol. The fraction of sp³-hybridized carbons (Fsp3) is 0.346. The molecular formula is C26H28FN3O3. The first-order valence-corrected chi connectivity index (χ1v) is 11.3. The Kier molecular flexibility index (Phi) is 5.46. The minimum Gasteiger partial charge on any atom is -0.507 e. The van der Waals surface area contributed by atoms with Gasteiger partial charge >= 0.3 is 0 Å². The maximum Gasteiger partial charge on any atom is 0.125 e. The predicted molar refractivity (Wildman–Crippen MR) is 125 cm³/mol. The van der Waals surface area contributed by atoms with Gasteiger partial charge in [-0.1, -0.05) is 6.07 Å². The lowest BCUT2D eigenvalue weighted by molar-refractivity contribution is 0.0843. The van der Waals surface area contributed by atoms with Crippen molar-refractivity contribution in [1.82, 2.24) is 14.3 Å².